The lowest BCUT2D eigenvalue weighted by Gasteiger charge is -2.11. The van der Waals surface area contributed by atoms with E-state index in [2.05, 4.69) is 13.5 Å². The van der Waals surface area contributed by atoms with Gasteiger partial charge in [-0.15, -0.1) is 6.58 Å². The highest BCUT2D eigenvalue weighted by Crippen LogP contribution is 2.03. The Bertz CT molecular complexity index is 107. The van der Waals surface area contributed by atoms with E-state index in [9.17, 15) is 0 Å². The molecule has 12 heavy (non-hydrogen) atoms. The molecular formula is C9H20O2Si. The molecule has 0 aromatic carbocycles. The maximum absolute atomic E-state index is 5.51. The van der Waals surface area contributed by atoms with Crippen LogP contribution in [0.2, 0.25) is 0 Å². The fourth-order valence-corrected chi connectivity index (χ4v) is 1.54. The molecule has 0 bridgehead atoms. The molecule has 0 fully saturated rings. The summed E-state index contributed by atoms with van der Waals surface area (Å²) in [4.78, 5) is 0. The van der Waals surface area contributed by atoms with Gasteiger partial charge in [0.2, 0.25) is 0 Å². The van der Waals surface area contributed by atoms with Crippen LogP contribution in [0.4, 0.5) is 0 Å². The SMILES string of the molecule is C=CCCCC(C)O[SiH2]OCC. The van der Waals surface area contributed by atoms with Crippen LogP contribution in [0.15, 0.2) is 12.7 Å². The second-order valence-electron chi connectivity index (χ2n) is 2.81. The first-order valence-corrected chi connectivity index (χ1v) is 5.77. The first-order valence-electron chi connectivity index (χ1n) is 4.61. The molecule has 0 saturated carbocycles. The van der Waals surface area contributed by atoms with Crippen LogP contribution in [0, 0.1) is 0 Å². The molecule has 0 amide bonds. The topological polar surface area (TPSA) is 18.5 Å². The molecule has 1 unspecified atom stereocenters. The average molecular weight is 188 g/mol. The van der Waals surface area contributed by atoms with Gasteiger partial charge in [-0.25, -0.2) is 0 Å². The summed E-state index contributed by atoms with van der Waals surface area (Å²) >= 11 is 0. The molecular weight excluding hydrogens is 168 g/mol. The number of unbranched alkanes of at least 4 members (excludes halogenated alkanes) is 1. The molecule has 0 N–H and O–H groups in total. The third-order valence-electron chi connectivity index (χ3n) is 1.66. The van der Waals surface area contributed by atoms with Gasteiger partial charge >= 0.3 is 10.0 Å². The molecule has 0 aliphatic heterocycles. The first-order chi connectivity index (χ1) is 5.81. The van der Waals surface area contributed by atoms with E-state index in [0.717, 1.165) is 19.4 Å². The maximum Gasteiger partial charge on any atom is 0.304 e. The van der Waals surface area contributed by atoms with E-state index in [1.807, 2.05) is 13.0 Å². The van der Waals surface area contributed by atoms with Crippen LogP contribution in [0.3, 0.4) is 0 Å². The van der Waals surface area contributed by atoms with Gasteiger partial charge in [0.15, 0.2) is 0 Å². The minimum atomic E-state index is -0.696. The predicted molar refractivity (Wildman–Crippen MR) is 54.8 cm³/mol. The van der Waals surface area contributed by atoms with Crippen molar-refractivity contribution in [2.45, 2.75) is 39.2 Å². The van der Waals surface area contributed by atoms with E-state index in [-0.39, 0.29) is 0 Å². The normalized spacial score (nSPS) is 13.8. The van der Waals surface area contributed by atoms with Gasteiger partial charge in [0, 0.05) is 12.7 Å². The maximum atomic E-state index is 5.51. The van der Waals surface area contributed by atoms with Crippen molar-refractivity contribution in [2.75, 3.05) is 6.61 Å². The predicted octanol–water partition coefficient (Wildman–Crippen LogP) is 1.78. The zero-order valence-corrected chi connectivity index (χ0v) is 9.63. The number of allylic oxidation sites excluding steroid dienone is 1. The molecule has 0 aromatic rings. The number of hydrogen-bond acceptors (Lipinski definition) is 2. The van der Waals surface area contributed by atoms with Crippen molar-refractivity contribution in [2.24, 2.45) is 0 Å². The first kappa shape index (κ1) is 11.9. The van der Waals surface area contributed by atoms with Crippen LogP contribution >= 0.6 is 0 Å². The number of rotatable bonds is 8. The molecule has 0 saturated heterocycles. The Hall–Kier alpha value is -0.123. The van der Waals surface area contributed by atoms with Gasteiger partial charge in [0.25, 0.3) is 0 Å². The van der Waals surface area contributed by atoms with Gasteiger partial charge in [-0.3, -0.25) is 0 Å². The van der Waals surface area contributed by atoms with Crippen LogP contribution in [0.1, 0.15) is 33.1 Å². The van der Waals surface area contributed by atoms with Crippen molar-refractivity contribution < 1.29 is 8.85 Å². The standard InChI is InChI=1S/C9H20O2Si/c1-4-6-7-8-9(3)11-12-10-5-2/h4,9H,1,5-8,12H2,2-3H3. The Morgan fingerprint density at radius 3 is 2.92 bits per heavy atom. The number of hydrogen-bond donors (Lipinski definition) is 0. The van der Waals surface area contributed by atoms with E-state index in [1.165, 1.54) is 6.42 Å². The zero-order valence-electron chi connectivity index (χ0n) is 8.21. The molecule has 0 heterocycles. The van der Waals surface area contributed by atoms with Gasteiger partial charge < -0.3 is 8.85 Å². The molecule has 72 valence electrons. The quantitative estimate of drug-likeness (QED) is 0.328. The van der Waals surface area contributed by atoms with E-state index < -0.39 is 10.0 Å². The molecule has 1 atom stereocenters. The summed E-state index contributed by atoms with van der Waals surface area (Å²) in [5.41, 5.74) is 0. The summed E-state index contributed by atoms with van der Waals surface area (Å²) in [5.74, 6) is 0. The van der Waals surface area contributed by atoms with Crippen molar-refractivity contribution >= 4 is 10.0 Å². The summed E-state index contributed by atoms with van der Waals surface area (Å²) in [5, 5.41) is 0. The Labute approximate surface area is 78.0 Å². The van der Waals surface area contributed by atoms with Crippen molar-refractivity contribution in [1.82, 2.24) is 0 Å². The van der Waals surface area contributed by atoms with Crippen molar-refractivity contribution in [3.05, 3.63) is 12.7 Å². The van der Waals surface area contributed by atoms with Gasteiger partial charge in [-0.05, 0) is 33.1 Å². The lowest BCUT2D eigenvalue weighted by atomic mass is 10.2. The fraction of sp³-hybridized carbons (Fsp3) is 0.778. The van der Waals surface area contributed by atoms with E-state index in [4.69, 9.17) is 8.85 Å². The highest BCUT2D eigenvalue weighted by molar-refractivity contribution is 6.18. The third-order valence-corrected chi connectivity index (χ3v) is 2.94. The Morgan fingerprint density at radius 1 is 1.58 bits per heavy atom. The van der Waals surface area contributed by atoms with Crippen LogP contribution in [0.25, 0.3) is 0 Å². The van der Waals surface area contributed by atoms with Gasteiger partial charge in [-0.1, -0.05) is 6.08 Å². The second-order valence-corrected chi connectivity index (χ2v) is 3.78. The highest BCUT2D eigenvalue weighted by Gasteiger charge is 2.00. The summed E-state index contributed by atoms with van der Waals surface area (Å²) < 4.78 is 10.7. The molecule has 0 aromatic heterocycles. The summed E-state index contributed by atoms with van der Waals surface area (Å²) in [6, 6.07) is 0. The third kappa shape index (κ3) is 7.98. The Balaban J connectivity index is 3.09. The summed E-state index contributed by atoms with van der Waals surface area (Å²) in [6.45, 7) is 8.56. The summed E-state index contributed by atoms with van der Waals surface area (Å²) in [7, 11) is -0.696. The Kier molecular flexibility index (Phi) is 8.88. The van der Waals surface area contributed by atoms with Crippen molar-refractivity contribution in [3.8, 4) is 0 Å². The molecule has 0 spiro atoms. The molecule has 0 aliphatic carbocycles. The van der Waals surface area contributed by atoms with E-state index >= 15 is 0 Å². The highest BCUT2D eigenvalue weighted by atomic mass is 28.3. The van der Waals surface area contributed by atoms with Gasteiger partial charge in [0.1, 0.15) is 0 Å². The van der Waals surface area contributed by atoms with Gasteiger partial charge in [0.05, 0.1) is 0 Å². The van der Waals surface area contributed by atoms with Crippen molar-refractivity contribution in [1.29, 1.82) is 0 Å². The summed E-state index contributed by atoms with van der Waals surface area (Å²) in [6.07, 6.45) is 5.69. The molecule has 2 nitrogen and oxygen atoms in total. The van der Waals surface area contributed by atoms with Crippen LogP contribution < -0.4 is 0 Å². The fourth-order valence-electron chi connectivity index (χ4n) is 0.881. The minimum Gasteiger partial charge on any atom is -0.399 e. The zero-order chi connectivity index (χ0) is 9.23. The second kappa shape index (κ2) is 8.97. The van der Waals surface area contributed by atoms with Gasteiger partial charge in [-0.2, -0.15) is 0 Å². The van der Waals surface area contributed by atoms with Crippen LogP contribution in [-0.4, -0.2) is 22.7 Å². The largest absolute Gasteiger partial charge is 0.399 e. The monoisotopic (exact) mass is 188 g/mol. The molecule has 3 heteroatoms. The lowest BCUT2D eigenvalue weighted by Crippen LogP contribution is -2.13. The molecule has 0 rings (SSSR count). The molecule has 0 aliphatic rings. The minimum absolute atomic E-state index is 0.364. The van der Waals surface area contributed by atoms with Crippen LogP contribution in [-0.2, 0) is 8.85 Å². The van der Waals surface area contributed by atoms with E-state index in [1.54, 1.807) is 0 Å². The Morgan fingerprint density at radius 2 is 2.33 bits per heavy atom. The molecule has 0 radical (unpaired) electrons. The lowest BCUT2D eigenvalue weighted by molar-refractivity contribution is 0.163. The average Bonchev–Trinajstić information content (AvgIpc) is 2.06. The van der Waals surface area contributed by atoms with Crippen LogP contribution in [0.5, 0.6) is 0 Å². The van der Waals surface area contributed by atoms with E-state index in [0.29, 0.717) is 6.10 Å². The smallest absolute Gasteiger partial charge is 0.304 e. The van der Waals surface area contributed by atoms with Crippen molar-refractivity contribution in [3.63, 3.8) is 0 Å².